The molecule has 114 valence electrons. The fraction of sp³-hybridized carbons (Fsp3) is 0.125. The van der Waals surface area contributed by atoms with E-state index in [1.807, 2.05) is 0 Å². The van der Waals surface area contributed by atoms with Crippen molar-refractivity contribution >= 4 is 33.5 Å². The van der Waals surface area contributed by atoms with Gasteiger partial charge in [0, 0.05) is 4.47 Å². The molecule has 22 heavy (non-hydrogen) atoms. The topological polar surface area (TPSA) is 64.6 Å². The fourth-order valence-corrected chi connectivity index (χ4v) is 2.29. The fourth-order valence-electron chi connectivity index (χ4n) is 1.93. The van der Waals surface area contributed by atoms with Gasteiger partial charge in [0.05, 0.1) is 31.0 Å². The number of hydrogen-bond donors (Lipinski definition) is 1. The highest BCUT2D eigenvalue weighted by Gasteiger charge is 2.17. The van der Waals surface area contributed by atoms with E-state index in [4.69, 9.17) is 9.47 Å². The minimum absolute atomic E-state index is 0.264. The first-order chi connectivity index (χ1) is 10.6. The van der Waals surface area contributed by atoms with Crippen LogP contribution < -0.4 is 10.1 Å². The molecule has 1 amide bonds. The van der Waals surface area contributed by atoms with Crippen LogP contribution in [-0.4, -0.2) is 26.1 Å². The summed E-state index contributed by atoms with van der Waals surface area (Å²) in [5.41, 5.74) is 1.01. The predicted molar refractivity (Wildman–Crippen MR) is 86.4 cm³/mol. The third-order valence-electron chi connectivity index (χ3n) is 2.99. The molecule has 0 spiro atoms. The minimum atomic E-state index is -0.531. The number of para-hydroxylation sites is 1. The lowest BCUT2D eigenvalue weighted by molar-refractivity contribution is 0.0602. The molecule has 0 heterocycles. The van der Waals surface area contributed by atoms with Crippen molar-refractivity contribution in [1.29, 1.82) is 0 Å². The van der Waals surface area contributed by atoms with Crippen molar-refractivity contribution in [3.8, 4) is 5.75 Å². The van der Waals surface area contributed by atoms with E-state index in [2.05, 4.69) is 21.2 Å². The molecular formula is C16H14BrNO4. The lowest BCUT2D eigenvalue weighted by Crippen LogP contribution is -2.16. The van der Waals surface area contributed by atoms with E-state index < -0.39 is 5.97 Å². The molecule has 0 radical (unpaired) electrons. The van der Waals surface area contributed by atoms with Gasteiger partial charge in [-0.15, -0.1) is 0 Å². The maximum atomic E-state index is 12.4. The maximum absolute atomic E-state index is 12.4. The molecule has 5 nitrogen and oxygen atoms in total. The van der Waals surface area contributed by atoms with Gasteiger partial charge in [0.1, 0.15) is 5.75 Å². The zero-order valence-electron chi connectivity index (χ0n) is 12.1. The molecule has 0 bridgehead atoms. The number of benzene rings is 2. The molecular weight excluding hydrogens is 350 g/mol. The summed E-state index contributed by atoms with van der Waals surface area (Å²) in [6.45, 7) is 0. The molecule has 0 aliphatic heterocycles. The zero-order chi connectivity index (χ0) is 16.1. The van der Waals surface area contributed by atoms with Crippen molar-refractivity contribution in [2.45, 2.75) is 0 Å². The number of methoxy groups -OCH3 is 2. The number of halogens is 1. The lowest BCUT2D eigenvalue weighted by atomic mass is 10.1. The van der Waals surface area contributed by atoms with Crippen LogP contribution in [0.15, 0.2) is 46.9 Å². The smallest absolute Gasteiger partial charge is 0.340 e. The van der Waals surface area contributed by atoms with Crippen LogP contribution in [0.1, 0.15) is 20.7 Å². The van der Waals surface area contributed by atoms with Gasteiger partial charge in [-0.2, -0.15) is 0 Å². The number of anilines is 1. The summed E-state index contributed by atoms with van der Waals surface area (Å²) in [6, 6.07) is 11.8. The van der Waals surface area contributed by atoms with Crippen molar-refractivity contribution in [3.05, 3.63) is 58.1 Å². The van der Waals surface area contributed by atoms with Gasteiger partial charge in [0.25, 0.3) is 5.91 Å². The van der Waals surface area contributed by atoms with Gasteiger partial charge in [-0.25, -0.2) is 4.79 Å². The van der Waals surface area contributed by atoms with Gasteiger partial charge in [0.2, 0.25) is 0 Å². The molecule has 0 saturated heterocycles. The molecule has 2 aromatic carbocycles. The summed E-state index contributed by atoms with van der Waals surface area (Å²) in [5.74, 6) is -0.446. The number of esters is 1. The molecule has 0 unspecified atom stereocenters. The van der Waals surface area contributed by atoms with Crippen molar-refractivity contribution in [2.75, 3.05) is 19.5 Å². The number of rotatable bonds is 4. The summed E-state index contributed by atoms with van der Waals surface area (Å²) in [4.78, 5) is 24.2. The van der Waals surface area contributed by atoms with Crippen molar-refractivity contribution in [1.82, 2.24) is 0 Å². The summed E-state index contributed by atoms with van der Waals surface area (Å²) in [5, 5.41) is 2.70. The molecule has 1 N–H and O–H groups in total. The number of hydrogen-bond acceptors (Lipinski definition) is 4. The minimum Gasteiger partial charge on any atom is -0.496 e. The molecule has 0 saturated carbocycles. The van der Waals surface area contributed by atoms with Gasteiger partial charge >= 0.3 is 5.97 Å². The van der Waals surface area contributed by atoms with Crippen LogP contribution in [0, 0.1) is 0 Å². The Morgan fingerprint density at radius 1 is 1.05 bits per heavy atom. The Balaban J connectivity index is 2.34. The summed E-state index contributed by atoms with van der Waals surface area (Å²) < 4.78 is 10.6. The maximum Gasteiger partial charge on any atom is 0.340 e. The van der Waals surface area contributed by atoms with Crippen LogP contribution in [0.25, 0.3) is 0 Å². The highest BCUT2D eigenvalue weighted by atomic mass is 79.9. The SMILES string of the molecule is COC(=O)c1cc(Br)ccc1NC(=O)c1ccccc1OC. The zero-order valence-corrected chi connectivity index (χ0v) is 13.6. The number of nitrogens with one attached hydrogen (secondary N) is 1. The van der Waals surface area contributed by atoms with Gasteiger partial charge in [0.15, 0.2) is 0 Å². The normalized spacial score (nSPS) is 9.95. The largest absolute Gasteiger partial charge is 0.496 e. The molecule has 6 heteroatoms. The number of amides is 1. The first-order valence-electron chi connectivity index (χ1n) is 6.39. The van der Waals surface area contributed by atoms with Crippen LogP contribution in [0.2, 0.25) is 0 Å². The Morgan fingerprint density at radius 2 is 1.77 bits per heavy atom. The second-order valence-corrected chi connectivity index (χ2v) is 5.25. The van der Waals surface area contributed by atoms with E-state index in [9.17, 15) is 9.59 Å². The quantitative estimate of drug-likeness (QED) is 0.844. The van der Waals surface area contributed by atoms with Gasteiger partial charge < -0.3 is 14.8 Å². The molecule has 0 aliphatic rings. The molecule has 0 aromatic heterocycles. The van der Waals surface area contributed by atoms with Crippen LogP contribution in [0.5, 0.6) is 5.75 Å². The second kappa shape index (κ2) is 7.09. The lowest BCUT2D eigenvalue weighted by Gasteiger charge is -2.12. The Labute approximate surface area is 136 Å². The van der Waals surface area contributed by atoms with Crippen LogP contribution in [0.3, 0.4) is 0 Å². The monoisotopic (exact) mass is 363 g/mol. The second-order valence-electron chi connectivity index (χ2n) is 4.34. The third kappa shape index (κ3) is 3.46. The van der Waals surface area contributed by atoms with E-state index in [0.717, 1.165) is 0 Å². The Hall–Kier alpha value is -2.34. The van der Waals surface area contributed by atoms with Gasteiger partial charge in [-0.1, -0.05) is 28.1 Å². The molecule has 0 atom stereocenters. The standard InChI is InChI=1S/C16H14BrNO4/c1-21-14-6-4-3-5-11(14)15(19)18-13-8-7-10(17)9-12(13)16(20)22-2/h3-9H,1-2H3,(H,18,19). The Kier molecular flexibility index (Phi) is 5.16. The highest BCUT2D eigenvalue weighted by molar-refractivity contribution is 9.10. The average Bonchev–Trinajstić information content (AvgIpc) is 2.55. The third-order valence-corrected chi connectivity index (χ3v) is 3.48. The van der Waals surface area contributed by atoms with Gasteiger partial charge in [-0.3, -0.25) is 4.79 Å². The molecule has 0 fully saturated rings. The molecule has 2 rings (SSSR count). The van der Waals surface area contributed by atoms with Crippen LogP contribution in [0.4, 0.5) is 5.69 Å². The summed E-state index contributed by atoms with van der Waals surface area (Å²) in [7, 11) is 2.78. The van der Waals surface area contributed by atoms with Crippen LogP contribution in [-0.2, 0) is 4.74 Å². The van der Waals surface area contributed by atoms with E-state index >= 15 is 0 Å². The van der Waals surface area contributed by atoms with Crippen molar-refractivity contribution in [2.24, 2.45) is 0 Å². The van der Waals surface area contributed by atoms with E-state index in [-0.39, 0.29) is 11.5 Å². The summed E-state index contributed by atoms with van der Waals surface area (Å²) >= 11 is 3.29. The number of carbonyl (C=O) groups is 2. The van der Waals surface area contributed by atoms with Crippen molar-refractivity contribution in [3.63, 3.8) is 0 Å². The predicted octanol–water partition coefficient (Wildman–Crippen LogP) is 3.50. The van der Waals surface area contributed by atoms with E-state index in [0.29, 0.717) is 21.5 Å². The number of carbonyl (C=O) groups excluding carboxylic acids is 2. The summed E-state index contributed by atoms with van der Waals surface area (Å²) in [6.07, 6.45) is 0. The van der Waals surface area contributed by atoms with Crippen LogP contribution >= 0.6 is 15.9 Å². The Morgan fingerprint density at radius 3 is 2.45 bits per heavy atom. The molecule has 0 aliphatic carbocycles. The average molecular weight is 364 g/mol. The first-order valence-corrected chi connectivity index (χ1v) is 7.18. The van der Waals surface area contributed by atoms with Gasteiger partial charge in [-0.05, 0) is 30.3 Å². The molecule has 2 aromatic rings. The Bertz CT molecular complexity index is 715. The van der Waals surface area contributed by atoms with E-state index in [1.54, 1.807) is 42.5 Å². The first kappa shape index (κ1) is 16.0. The highest BCUT2D eigenvalue weighted by Crippen LogP contribution is 2.24. The van der Waals surface area contributed by atoms with E-state index in [1.165, 1.54) is 14.2 Å². The van der Waals surface area contributed by atoms with Crippen molar-refractivity contribution < 1.29 is 19.1 Å². The number of ether oxygens (including phenoxy) is 2.